The van der Waals surface area contributed by atoms with E-state index in [2.05, 4.69) is 10.4 Å². The SMILES string of the molecule is Cc1ccc(C)c(-n2c(S[C@H](C)C(=O)Nc3c(C)nn(C)c3C)nc3ccccc3c2=O)c1. The van der Waals surface area contributed by atoms with Crippen LogP contribution in [-0.2, 0) is 11.8 Å². The third kappa shape index (κ3) is 4.30. The van der Waals surface area contributed by atoms with E-state index in [4.69, 9.17) is 4.98 Å². The van der Waals surface area contributed by atoms with E-state index < -0.39 is 5.25 Å². The number of aromatic nitrogens is 4. The molecule has 2 aromatic heterocycles. The molecule has 4 aromatic rings. The minimum atomic E-state index is -0.492. The first-order chi connectivity index (χ1) is 15.7. The average Bonchev–Trinajstić information content (AvgIpc) is 3.02. The number of hydrogen-bond acceptors (Lipinski definition) is 5. The van der Waals surface area contributed by atoms with Crippen LogP contribution in [0, 0.1) is 27.7 Å². The molecule has 0 unspecified atom stereocenters. The van der Waals surface area contributed by atoms with Crippen molar-refractivity contribution in [1.29, 1.82) is 0 Å². The predicted octanol–water partition coefficient (Wildman–Crippen LogP) is 4.47. The molecule has 0 aliphatic heterocycles. The highest BCUT2D eigenvalue weighted by Crippen LogP contribution is 2.28. The first-order valence-electron chi connectivity index (χ1n) is 10.7. The van der Waals surface area contributed by atoms with Gasteiger partial charge < -0.3 is 5.32 Å². The van der Waals surface area contributed by atoms with Crippen molar-refractivity contribution in [1.82, 2.24) is 19.3 Å². The molecule has 0 aliphatic carbocycles. The van der Waals surface area contributed by atoms with Gasteiger partial charge in [-0.3, -0.25) is 18.8 Å². The van der Waals surface area contributed by atoms with E-state index in [1.807, 2.05) is 78.1 Å². The zero-order chi connectivity index (χ0) is 23.9. The number of fused-ring (bicyclic) bond motifs is 1. The molecule has 4 rings (SSSR count). The lowest BCUT2D eigenvalue weighted by atomic mass is 10.1. The molecule has 170 valence electrons. The van der Waals surface area contributed by atoms with E-state index in [0.29, 0.717) is 21.7 Å². The van der Waals surface area contributed by atoms with Crippen LogP contribution in [0.3, 0.4) is 0 Å². The standard InChI is InChI=1S/C25H27N5O2S/c1-14-11-12-15(2)21(13-14)30-24(32)19-9-7-8-10-20(19)26-25(30)33-18(5)23(31)27-22-16(3)28-29(6)17(22)4/h7-13,18H,1-6H3,(H,27,31)/t18-/m1/s1. The number of carbonyl (C=O) groups is 1. The van der Waals surface area contributed by atoms with Crippen LogP contribution in [0.2, 0.25) is 0 Å². The summed E-state index contributed by atoms with van der Waals surface area (Å²) in [4.78, 5) is 31.4. The minimum Gasteiger partial charge on any atom is -0.322 e. The smallest absolute Gasteiger partial charge is 0.266 e. The van der Waals surface area contributed by atoms with Crippen molar-refractivity contribution in [2.24, 2.45) is 7.05 Å². The van der Waals surface area contributed by atoms with Gasteiger partial charge in [0.05, 0.1) is 38.9 Å². The van der Waals surface area contributed by atoms with Crippen LogP contribution < -0.4 is 10.9 Å². The number of aryl methyl sites for hydroxylation is 4. The van der Waals surface area contributed by atoms with E-state index in [1.54, 1.807) is 15.3 Å². The third-order valence-electron chi connectivity index (χ3n) is 5.76. The van der Waals surface area contributed by atoms with Crippen molar-refractivity contribution in [3.8, 4) is 5.69 Å². The Hall–Kier alpha value is -3.39. The van der Waals surface area contributed by atoms with Gasteiger partial charge in [-0.2, -0.15) is 5.10 Å². The molecule has 0 saturated carbocycles. The van der Waals surface area contributed by atoms with Gasteiger partial charge in [-0.1, -0.05) is 36.0 Å². The third-order valence-corrected chi connectivity index (χ3v) is 6.81. The molecule has 1 N–H and O–H groups in total. The quantitative estimate of drug-likeness (QED) is 0.350. The number of hydrogen-bond donors (Lipinski definition) is 1. The Balaban J connectivity index is 1.77. The molecule has 0 bridgehead atoms. The number of nitrogens with zero attached hydrogens (tertiary/aromatic N) is 4. The molecular weight excluding hydrogens is 434 g/mol. The van der Waals surface area contributed by atoms with Gasteiger partial charge in [0.15, 0.2) is 5.16 Å². The zero-order valence-electron chi connectivity index (χ0n) is 19.6. The number of amides is 1. The van der Waals surface area contributed by atoms with E-state index >= 15 is 0 Å². The number of benzene rings is 2. The van der Waals surface area contributed by atoms with Gasteiger partial charge in [-0.15, -0.1) is 0 Å². The van der Waals surface area contributed by atoms with E-state index in [1.165, 1.54) is 11.8 Å². The number of rotatable bonds is 5. The highest BCUT2D eigenvalue weighted by atomic mass is 32.2. The van der Waals surface area contributed by atoms with Crippen LogP contribution in [-0.4, -0.2) is 30.5 Å². The molecule has 8 heteroatoms. The summed E-state index contributed by atoms with van der Waals surface area (Å²) in [5.41, 5.74) is 5.59. The Morgan fingerprint density at radius 3 is 2.52 bits per heavy atom. The van der Waals surface area contributed by atoms with Crippen LogP contribution in [0.1, 0.15) is 29.4 Å². The number of thioether (sulfide) groups is 1. The van der Waals surface area contributed by atoms with Crippen molar-refractivity contribution >= 4 is 34.3 Å². The van der Waals surface area contributed by atoms with E-state index in [-0.39, 0.29) is 11.5 Å². The van der Waals surface area contributed by atoms with Gasteiger partial charge >= 0.3 is 0 Å². The zero-order valence-corrected chi connectivity index (χ0v) is 20.4. The predicted molar refractivity (Wildman–Crippen MR) is 133 cm³/mol. The first kappa shape index (κ1) is 22.8. The minimum absolute atomic E-state index is 0.150. The highest BCUT2D eigenvalue weighted by molar-refractivity contribution is 8.00. The second-order valence-corrected chi connectivity index (χ2v) is 9.57. The monoisotopic (exact) mass is 461 g/mol. The van der Waals surface area contributed by atoms with E-state index in [0.717, 1.165) is 28.2 Å². The Morgan fingerprint density at radius 2 is 1.82 bits per heavy atom. The summed E-state index contributed by atoms with van der Waals surface area (Å²) in [5.74, 6) is -0.172. The van der Waals surface area contributed by atoms with Gasteiger partial charge in [-0.25, -0.2) is 4.98 Å². The van der Waals surface area contributed by atoms with E-state index in [9.17, 15) is 9.59 Å². The summed E-state index contributed by atoms with van der Waals surface area (Å²) in [5, 5.41) is 7.89. The molecule has 1 amide bonds. The molecule has 2 aromatic carbocycles. The molecule has 0 saturated heterocycles. The topological polar surface area (TPSA) is 81.8 Å². The molecule has 0 radical (unpaired) electrons. The van der Waals surface area contributed by atoms with Crippen LogP contribution >= 0.6 is 11.8 Å². The summed E-state index contributed by atoms with van der Waals surface area (Å²) in [6.07, 6.45) is 0. The van der Waals surface area contributed by atoms with Crippen LogP contribution in [0.25, 0.3) is 16.6 Å². The van der Waals surface area contributed by atoms with Gasteiger partial charge in [0.1, 0.15) is 0 Å². The molecule has 1 atom stereocenters. The second-order valence-electron chi connectivity index (χ2n) is 8.26. The molecule has 7 nitrogen and oxygen atoms in total. The lowest BCUT2D eigenvalue weighted by molar-refractivity contribution is -0.115. The van der Waals surface area contributed by atoms with Crippen molar-refractivity contribution in [3.63, 3.8) is 0 Å². The fourth-order valence-electron chi connectivity index (χ4n) is 3.76. The van der Waals surface area contributed by atoms with Crippen LogP contribution in [0.4, 0.5) is 5.69 Å². The van der Waals surface area contributed by atoms with Gasteiger partial charge in [0.25, 0.3) is 5.56 Å². The normalized spacial score (nSPS) is 12.2. The molecule has 0 spiro atoms. The Morgan fingerprint density at radius 1 is 1.09 bits per heavy atom. The van der Waals surface area contributed by atoms with Crippen molar-refractivity contribution in [2.45, 2.75) is 45.0 Å². The molecule has 2 heterocycles. The number of carbonyl (C=O) groups excluding carboxylic acids is 1. The molecule has 0 aliphatic rings. The summed E-state index contributed by atoms with van der Waals surface area (Å²) in [6.45, 7) is 9.55. The van der Waals surface area contributed by atoms with Crippen molar-refractivity contribution in [3.05, 3.63) is 75.3 Å². The Kier molecular flexibility index (Phi) is 6.12. The average molecular weight is 462 g/mol. The number of anilines is 1. The summed E-state index contributed by atoms with van der Waals surface area (Å²) >= 11 is 1.27. The van der Waals surface area contributed by atoms with Gasteiger partial charge in [0.2, 0.25) is 5.91 Å². The second kappa shape index (κ2) is 8.86. The number of para-hydroxylation sites is 1. The lowest BCUT2D eigenvalue weighted by Crippen LogP contribution is -2.27. The maximum absolute atomic E-state index is 13.5. The fraction of sp³-hybridized carbons (Fsp3) is 0.280. The van der Waals surface area contributed by atoms with Crippen molar-refractivity contribution < 1.29 is 4.79 Å². The Bertz CT molecular complexity index is 1440. The summed E-state index contributed by atoms with van der Waals surface area (Å²) < 4.78 is 3.37. The fourth-order valence-corrected chi connectivity index (χ4v) is 4.68. The first-order valence-corrected chi connectivity index (χ1v) is 11.6. The Labute approximate surface area is 196 Å². The largest absolute Gasteiger partial charge is 0.322 e. The van der Waals surface area contributed by atoms with Gasteiger partial charge in [0, 0.05) is 7.05 Å². The molecule has 0 fully saturated rings. The summed E-state index contributed by atoms with van der Waals surface area (Å²) in [7, 11) is 1.85. The maximum atomic E-state index is 13.5. The lowest BCUT2D eigenvalue weighted by Gasteiger charge is -2.18. The summed E-state index contributed by atoms with van der Waals surface area (Å²) in [6, 6.07) is 13.3. The van der Waals surface area contributed by atoms with Crippen LogP contribution in [0.15, 0.2) is 52.4 Å². The number of nitrogens with one attached hydrogen (secondary N) is 1. The highest BCUT2D eigenvalue weighted by Gasteiger charge is 2.23. The van der Waals surface area contributed by atoms with Crippen LogP contribution in [0.5, 0.6) is 0 Å². The maximum Gasteiger partial charge on any atom is 0.266 e. The van der Waals surface area contributed by atoms with Gasteiger partial charge in [-0.05, 0) is 63.9 Å². The molecule has 33 heavy (non-hydrogen) atoms. The molecular formula is C25H27N5O2S. The van der Waals surface area contributed by atoms with Crippen molar-refractivity contribution in [2.75, 3.05) is 5.32 Å².